The Kier molecular flexibility index (Phi) is 2.27. The second-order valence-corrected chi connectivity index (χ2v) is 3.98. The lowest BCUT2D eigenvalue weighted by Gasteiger charge is -2.03. The summed E-state index contributed by atoms with van der Waals surface area (Å²) in [5, 5.41) is 0. The van der Waals surface area contributed by atoms with Crippen LogP contribution in [0.5, 0.6) is 0 Å². The molecule has 0 spiro atoms. The topological polar surface area (TPSA) is 44.0 Å². The molecule has 4 heteroatoms. The highest BCUT2D eigenvalue weighted by Gasteiger charge is 2.25. The zero-order valence-corrected chi connectivity index (χ0v) is 8.22. The van der Waals surface area contributed by atoms with Gasteiger partial charge in [0.2, 0.25) is 0 Å². The van der Waals surface area contributed by atoms with Gasteiger partial charge in [-0.3, -0.25) is 9.13 Å². The molecule has 14 heavy (non-hydrogen) atoms. The maximum absolute atomic E-state index is 11.7. The van der Waals surface area contributed by atoms with Gasteiger partial charge in [0.15, 0.2) is 0 Å². The van der Waals surface area contributed by atoms with Gasteiger partial charge in [-0.25, -0.2) is 4.79 Å². The summed E-state index contributed by atoms with van der Waals surface area (Å²) in [5.74, 6) is -0.0947. The van der Waals surface area contributed by atoms with Gasteiger partial charge in [-0.15, -0.1) is 0 Å². The highest BCUT2D eigenvalue weighted by molar-refractivity contribution is 5.52. The minimum Gasteiger partial charge on any atom is -0.303 e. The number of hydrogen-bond acceptors (Lipinski definition) is 2. The molecule has 0 amide bonds. The van der Waals surface area contributed by atoms with Gasteiger partial charge in [0.25, 0.3) is 0 Å². The number of carbonyl (C=O) groups excluding carboxylic acids is 1. The van der Waals surface area contributed by atoms with Crippen molar-refractivity contribution in [3.63, 3.8) is 0 Å². The van der Waals surface area contributed by atoms with Crippen LogP contribution in [-0.4, -0.2) is 15.4 Å². The molecule has 0 aromatic carbocycles. The lowest BCUT2D eigenvalue weighted by atomic mass is 10.2. The van der Waals surface area contributed by atoms with Gasteiger partial charge in [0, 0.05) is 30.9 Å². The van der Waals surface area contributed by atoms with E-state index in [9.17, 15) is 9.59 Å². The molecule has 1 aromatic rings. The zero-order valence-electron chi connectivity index (χ0n) is 8.22. The molecule has 2 rings (SSSR count). The average molecular weight is 194 g/mol. The molecule has 1 heterocycles. The van der Waals surface area contributed by atoms with Crippen molar-refractivity contribution in [1.29, 1.82) is 0 Å². The summed E-state index contributed by atoms with van der Waals surface area (Å²) < 4.78 is 3.37. The van der Waals surface area contributed by atoms with Gasteiger partial charge in [0.1, 0.15) is 6.29 Å². The van der Waals surface area contributed by atoms with Gasteiger partial charge in [-0.1, -0.05) is 6.92 Å². The molecule has 76 valence electrons. The first-order valence-corrected chi connectivity index (χ1v) is 4.95. The Bertz CT molecular complexity index is 387. The molecule has 1 aliphatic carbocycles. The maximum Gasteiger partial charge on any atom is 0.328 e. The summed E-state index contributed by atoms with van der Waals surface area (Å²) in [4.78, 5) is 22.2. The number of hydrogen-bond donors (Lipinski definition) is 0. The van der Waals surface area contributed by atoms with Gasteiger partial charge in [-0.05, 0) is 12.8 Å². The van der Waals surface area contributed by atoms with E-state index >= 15 is 0 Å². The standard InChI is InChI=1S/C10H14N2O2/c1-8(7-13)6-11-4-5-12(10(11)14)9-2-3-9/h4-5,7-9H,2-3,6H2,1H3. The molecule has 0 saturated heterocycles. The van der Waals surface area contributed by atoms with Gasteiger partial charge in [0.05, 0.1) is 0 Å². The van der Waals surface area contributed by atoms with Crippen molar-refractivity contribution in [2.45, 2.75) is 32.4 Å². The van der Waals surface area contributed by atoms with Crippen molar-refractivity contribution in [1.82, 2.24) is 9.13 Å². The third kappa shape index (κ3) is 1.64. The SMILES string of the molecule is CC(C=O)Cn1ccn(C2CC2)c1=O. The normalized spacial score (nSPS) is 18.1. The smallest absolute Gasteiger partial charge is 0.303 e. The van der Waals surface area contributed by atoms with Gasteiger partial charge >= 0.3 is 5.69 Å². The van der Waals surface area contributed by atoms with E-state index in [-0.39, 0.29) is 11.6 Å². The van der Waals surface area contributed by atoms with Crippen LogP contribution in [0.3, 0.4) is 0 Å². The van der Waals surface area contributed by atoms with Crippen LogP contribution in [0.15, 0.2) is 17.2 Å². The first-order chi connectivity index (χ1) is 6.72. The minimum atomic E-state index is -0.0947. The van der Waals surface area contributed by atoms with Crippen LogP contribution in [0.4, 0.5) is 0 Å². The Labute approximate surface area is 82.2 Å². The van der Waals surface area contributed by atoms with Crippen LogP contribution in [0, 0.1) is 5.92 Å². The highest BCUT2D eigenvalue weighted by atomic mass is 16.1. The second kappa shape index (κ2) is 3.44. The maximum atomic E-state index is 11.7. The largest absolute Gasteiger partial charge is 0.328 e. The Morgan fingerprint density at radius 1 is 1.57 bits per heavy atom. The van der Waals surface area contributed by atoms with Crippen molar-refractivity contribution >= 4 is 6.29 Å². The molecule has 0 radical (unpaired) electrons. The molecule has 4 nitrogen and oxygen atoms in total. The van der Waals surface area contributed by atoms with Crippen LogP contribution in [-0.2, 0) is 11.3 Å². The summed E-state index contributed by atoms with van der Waals surface area (Å²) in [6, 6.07) is 0.412. The van der Waals surface area contributed by atoms with E-state index in [1.807, 2.05) is 13.1 Å². The summed E-state index contributed by atoms with van der Waals surface area (Å²) in [7, 11) is 0. The van der Waals surface area contributed by atoms with Crippen molar-refractivity contribution in [2.75, 3.05) is 0 Å². The van der Waals surface area contributed by atoms with Crippen LogP contribution in [0.1, 0.15) is 25.8 Å². The summed E-state index contributed by atoms with van der Waals surface area (Å²) in [6.07, 6.45) is 6.67. The van der Waals surface area contributed by atoms with Crippen molar-refractivity contribution in [3.8, 4) is 0 Å². The molecular formula is C10H14N2O2. The number of aldehydes is 1. The molecule has 0 aliphatic heterocycles. The lowest BCUT2D eigenvalue weighted by Crippen LogP contribution is -2.25. The van der Waals surface area contributed by atoms with Crippen LogP contribution < -0.4 is 5.69 Å². The fraction of sp³-hybridized carbons (Fsp3) is 0.600. The third-order valence-corrected chi connectivity index (χ3v) is 2.53. The monoisotopic (exact) mass is 194 g/mol. The highest BCUT2D eigenvalue weighted by Crippen LogP contribution is 2.33. The molecule has 1 fully saturated rings. The van der Waals surface area contributed by atoms with E-state index in [4.69, 9.17) is 0 Å². The van der Waals surface area contributed by atoms with E-state index in [0.717, 1.165) is 19.1 Å². The second-order valence-electron chi connectivity index (χ2n) is 3.98. The number of rotatable bonds is 4. The Morgan fingerprint density at radius 2 is 2.29 bits per heavy atom. The Balaban J connectivity index is 2.18. The predicted octanol–water partition coefficient (Wildman–Crippen LogP) is 0.820. The lowest BCUT2D eigenvalue weighted by molar-refractivity contribution is -0.111. The zero-order chi connectivity index (χ0) is 10.1. The molecule has 1 aliphatic rings. The fourth-order valence-corrected chi connectivity index (χ4v) is 1.55. The van der Waals surface area contributed by atoms with Gasteiger partial charge < -0.3 is 4.79 Å². The molecule has 1 aromatic heterocycles. The molecule has 0 N–H and O–H groups in total. The van der Waals surface area contributed by atoms with E-state index in [1.165, 1.54) is 0 Å². The Morgan fingerprint density at radius 3 is 2.86 bits per heavy atom. The molecular weight excluding hydrogens is 180 g/mol. The van der Waals surface area contributed by atoms with Crippen molar-refractivity contribution in [3.05, 3.63) is 22.9 Å². The first-order valence-electron chi connectivity index (χ1n) is 4.95. The number of nitrogens with zero attached hydrogens (tertiary/aromatic N) is 2. The molecule has 1 atom stereocenters. The predicted molar refractivity (Wildman–Crippen MR) is 52.2 cm³/mol. The minimum absolute atomic E-state index is 0.0150. The van der Waals surface area contributed by atoms with E-state index in [0.29, 0.717) is 12.6 Å². The number of imidazole rings is 1. The van der Waals surface area contributed by atoms with Crippen molar-refractivity contribution in [2.24, 2.45) is 5.92 Å². The molecule has 0 bridgehead atoms. The van der Waals surface area contributed by atoms with E-state index in [2.05, 4.69) is 0 Å². The van der Waals surface area contributed by atoms with Gasteiger partial charge in [-0.2, -0.15) is 0 Å². The van der Waals surface area contributed by atoms with Crippen LogP contribution in [0.25, 0.3) is 0 Å². The summed E-state index contributed by atoms with van der Waals surface area (Å²) in [6.45, 7) is 2.30. The number of aromatic nitrogens is 2. The first kappa shape index (κ1) is 9.24. The fourth-order valence-electron chi connectivity index (χ4n) is 1.55. The summed E-state index contributed by atoms with van der Waals surface area (Å²) in [5.41, 5.74) is 0.0150. The Hall–Kier alpha value is -1.32. The summed E-state index contributed by atoms with van der Waals surface area (Å²) >= 11 is 0. The van der Waals surface area contributed by atoms with Crippen LogP contribution in [0.2, 0.25) is 0 Å². The van der Waals surface area contributed by atoms with E-state index < -0.39 is 0 Å². The van der Waals surface area contributed by atoms with Crippen molar-refractivity contribution < 1.29 is 4.79 Å². The quantitative estimate of drug-likeness (QED) is 0.666. The molecule has 1 unspecified atom stereocenters. The average Bonchev–Trinajstić information content (AvgIpc) is 2.95. The van der Waals surface area contributed by atoms with Crippen LogP contribution >= 0.6 is 0 Å². The molecule has 1 saturated carbocycles. The third-order valence-electron chi connectivity index (χ3n) is 2.53. The number of carbonyl (C=O) groups is 1. The van der Waals surface area contributed by atoms with E-state index in [1.54, 1.807) is 15.3 Å².